The number of hydrogen-bond donors (Lipinski definition) is 2. The number of rotatable bonds is 4. The second-order valence-electron chi connectivity index (χ2n) is 3.60. The van der Waals surface area contributed by atoms with Crippen LogP contribution in [0.5, 0.6) is 0 Å². The predicted molar refractivity (Wildman–Crippen MR) is 45.2 cm³/mol. The van der Waals surface area contributed by atoms with Crippen molar-refractivity contribution in [1.29, 1.82) is 0 Å². The topological polar surface area (TPSA) is 58.2 Å². The second-order valence-corrected chi connectivity index (χ2v) is 3.60. The lowest BCUT2D eigenvalue weighted by atomic mass is 10.3. The van der Waals surface area contributed by atoms with Crippen molar-refractivity contribution >= 4 is 11.8 Å². The molecular weight excluding hydrogens is 251 g/mol. The molecule has 2 N–H and O–H groups in total. The van der Waals surface area contributed by atoms with E-state index in [9.17, 15) is 31.5 Å². The van der Waals surface area contributed by atoms with Crippen LogP contribution in [-0.2, 0) is 9.59 Å². The molecule has 0 saturated heterocycles. The zero-order valence-corrected chi connectivity index (χ0v) is 8.40. The van der Waals surface area contributed by atoms with E-state index in [0.29, 0.717) is 0 Å². The van der Waals surface area contributed by atoms with Gasteiger partial charge in [0, 0.05) is 6.04 Å². The van der Waals surface area contributed by atoms with Crippen LogP contribution in [0.2, 0.25) is 0 Å². The highest BCUT2D eigenvalue weighted by Crippen LogP contribution is 2.35. The van der Waals surface area contributed by atoms with Gasteiger partial charge in [0.1, 0.15) is 0 Å². The van der Waals surface area contributed by atoms with Crippen molar-refractivity contribution in [3.8, 4) is 0 Å². The fourth-order valence-corrected chi connectivity index (χ4v) is 0.907. The maximum Gasteiger partial charge on any atom is 0.463 e. The fourth-order valence-electron chi connectivity index (χ4n) is 0.907. The Morgan fingerprint density at radius 2 is 1.65 bits per heavy atom. The van der Waals surface area contributed by atoms with Crippen molar-refractivity contribution in [1.82, 2.24) is 10.6 Å². The lowest BCUT2D eigenvalue weighted by Crippen LogP contribution is -2.52. The maximum atomic E-state index is 12.4. The standard InChI is InChI=1S/C8H9F5N2O2/c9-7(10,8(11,12)13)6(17)14-3-5(16)15-4-1-2-4/h4H,1-3H2,(H,14,17)(H,15,16). The lowest BCUT2D eigenvalue weighted by molar-refractivity contribution is -0.269. The van der Waals surface area contributed by atoms with Crippen LogP contribution in [-0.4, -0.2) is 36.5 Å². The monoisotopic (exact) mass is 260 g/mol. The van der Waals surface area contributed by atoms with Crippen LogP contribution in [0.1, 0.15) is 12.8 Å². The van der Waals surface area contributed by atoms with E-state index < -0.39 is 30.5 Å². The highest BCUT2D eigenvalue weighted by Gasteiger charge is 2.63. The van der Waals surface area contributed by atoms with Crippen LogP contribution < -0.4 is 10.6 Å². The molecule has 17 heavy (non-hydrogen) atoms. The van der Waals surface area contributed by atoms with E-state index in [-0.39, 0.29) is 6.04 Å². The number of nitrogens with one attached hydrogen (secondary N) is 2. The maximum absolute atomic E-state index is 12.4. The van der Waals surface area contributed by atoms with Gasteiger partial charge in [-0.1, -0.05) is 0 Å². The van der Waals surface area contributed by atoms with Crippen molar-refractivity contribution in [2.75, 3.05) is 6.54 Å². The molecule has 1 aliphatic rings. The first-order valence-electron chi connectivity index (χ1n) is 4.67. The number of amides is 2. The molecule has 0 aromatic carbocycles. The first kappa shape index (κ1) is 13.7. The summed E-state index contributed by atoms with van der Waals surface area (Å²) in [5.74, 6) is -8.82. The Morgan fingerprint density at radius 1 is 1.12 bits per heavy atom. The molecule has 0 bridgehead atoms. The summed E-state index contributed by atoms with van der Waals surface area (Å²) >= 11 is 0. The van der Waals surface area contributed by atoms with Crippen LogP contribution >= 0.6 is 0 Å². The quantitative estimate of drug-likeness (QED) is 0.726. The van der Waals surface area contributed by atoms with Gasteiger partial charge in [-0.15, -0.1) is 0 Å². The molecule has 1 saturated carbocycles. The average Bonchev–Trinajstić information content (AvgIpc) is 2.96. The van der Waals surface area contributed by atoms with Gasteiger partial charge in [0.25, 0.3) is 0 Å². The molecule has 0 aromatic heterocycles. The Kier molecular flexibility index (Phi) is 3.58. The zero-order valence-electron chi connectivity index (χ0n) is 8.40. The second kappa shape index (κ2) is 4.46. The summed E-state index contributed by atoms with van der Waals surface area (Å²) in [6.07, 6.45) is -4.50. The third kappa shape index (κ3) is 3.53. The first-order valence-corrected chi connectivity index (χ1v) is 4.67. The highest BCUT2D eigenvalue weighted by atomic mass is 19.4. The Morgan fingerprint density at radius 3 is 2.06 bits per heavy atom. The van der Waals surface area contributed by atoms with E-state index in [4.69, 9.17) is 0 Å². The summed E-state index contributed by atoms with van der Waals surface area (Å²) in [6.45, 7) is -0.902. The van der Waals surface area contributed by atoms with Crippen molar-refractivity contribution < 1.29 is 31.5 Å². The third-order valence-corrected chi connectivity index (χ3v) is 1.99. The number of hydrogen-bond acceptors (Lipinski definition) is 2. The minimum Gasteiger partial charge on any atom is -0.352 e. The largest absolute Gasteiger partial charge is 0.463 e. The van der Waals surface area contributed by atoms with E-state index >= 15 is 0 Å². The molecule has 4 nitrogen and oxygen atoms in total. The van der Waals surface area contributed by atoms with Crippen LogP contribution in [0.4, 0.5) is 22.0 Å². The molecule has 0 aromatic rings. The average molecular weight is 260 g/mol. The number of alkyl halides is 5. The Balaban J connectivity index is 2.40. The van der Waals surface area contributed by atoms with E-state index in [0.717, 1.165) is 12.8 Å². The highest BCUT2D eigenvalue weighted by molar-refractivity contribution is 5.89. The number of carbonyl (C=O) groups is 2. The Bertz CT molecular complexity index is 324. The van der Waals surface area contributed by atoms with Crippen molar-refractivity contribution in [3.63, 3.8) is 0 Å². The molecule has 0 radical (unpaired) electrons. The minimum atomic E-state index is -5.97. The van der Waals surface area contributed by atoms with Crippen molar-refractivity contribution in [2.45, 2.75) is 31.0 Å². The SMILES string of the molecule is O=C(CNC(=O)C(F)(F)C(F)(F)F)NC1CC1. The molecule has 1 rings (SSSR count). The zero-order chi connectivity index (χ0) is 13.3. The Hall–Kier alpha value is -1.41. The van der Waals surface area contributed by atoms with Gasteiger partial charge in [0.2, 0.25) is 5.91 Å². The van der Waals surface area contributed by atoms with Gasteiger partial charge in [-0.3, -0.25) is 9.59 Å². The van der Waals surface area contributed by atoms with Crippen LogP contribution in [0, 0.1) is 0 Å². The number of carbonyl (C=O) groups excluding carboxylic acids is 2. The van der Waals surface area contributed by atoms with Gasteiger partial charge in [-0.05, 0) is 12.8 Å². The first-order chi connectivity index (χ1) is 7.64. The smallest absolute Gasteiger partial charge is 0.352 e. The van der Waals surface area contributed by atoms with Gasteiger partial charge < -0.3 is 10.6 Å². The van der Waals surface area contributed by atoms with Gasteiger partial charge in [0.15, 0.2) is 0 Å². The van der Waals surface area contributed by atoms with E-state index in [1.165, 1.54) is 5.32 Å². The summed E-state index contributed by atoms with van der Waals surface area (Å²) in [5.41, 5.74) is 0. The van der Waals surface area contributed by atoms with Crippen LogP contribution in [0.15, 0.2) is 0 Å². The molecular formula is C8H9F5N2O2. The van der Waals surface area contributed by atoms with Gasteiger partial charge >= 0.3 is 18.0 Å². The van der Waals surface area contributed by atoms with E-state index in [1.807, 2.05) is 0 Å². The third-order valence-electron chi connectivity index (χ3n) is 1.99. The molecule has 1 aliphatic carbocycles. The molecule has 0 unspecified atom stereocenters. The summed E-state index contributed by atoms with van der Waals surface area (Å²) in [7, 11) is 0. The number of halogens is 5. The Labute approximate surface area is 92.5 Å². The van der Waals surface area contributed by atoms with E-state index in [1.54, 1.807) is 0 Å². The van der Waals surface area contributed by atoms with Gasteiger partial charge in [-0.2, -0.15) is 22.0 Å². The normalized spacial score (nSPS) is 16.5. The van der Waals surface area contributed by atoms with Crippen molar-refractivity contribution in [3.05, 3.63) is 0 Å². The summed E-state index contributed by atoms with van der Waals surface area (Å²) in [4.78, 5) is 21.5. The lowest BCUT2D eigenvalue weighted by Gasteiger charge is -2.18. The van der Waals surface area contributed by atoms with Crippen molar-refractivity contribution in [2.24, 2.45) is 0 Å². The summed E-state index contributed by atoms with van der Waals surface area (Å²) < 4.78 is 59.9. The molecule has 0 aliphatic heterocycles. The molecule has 9 heteroatoms. The van der Waals surface area contributed by atoms with Gasteiger partial charge in [-0.25, -0.2) is 0 Å². The predicted octanol–water partition coefficient (Wildman–Crippen LogP) is 0.579. The van der Waals surface area contributed by atoms with E-state index in [2.05, 4.69) is 5.32 Å². The fraction of sp³-hybridized carbons (Fsp3) is 0.750. The summed E-state index contributed by atoms with van der Waals surface area (Å²) in [5, 5.41) is 3.56. The molecule has 1 fully saturated rings. The minimum absolute atomic E-state index is 0.0671. The van der Waals surface area contributed by atoms with Gasteiger partial charge in [0.05, 0.1) is 6.54 Å². The molecule has 2 amide bonds. The molecule has 0 heterocycles. The molecule has 0 spiro atoms. The molecule has 0 atom stereocenters. The van der Waals surface area contributed by atoms with Crippen LogP contribution in [0.25, 0.3) is 0 Å². The molecule has 98 valence electrons. The van der Waals surface area contributed by atoms with Crippen LogP contribution in [0.3, 0.4) is 0 Å². The summed E-state index contributed by atoms with van der Waals surface area (Å²) in [6, 6.07) is -0.0671.